The minimum absolute atomic E-state index is 0.615. The van der Waals surface area contributed by atoms with Gasteiger partial charge in [-0.1, -0.05) is 23.5 Å². The van der Waals surface area contributed by atoms with Gasteiger partial charge in [0.05, 0.1) is 13.2 Å². The number of ether oxygens (including phenoxy) is 2. The molecule has 0 saturated heterocycles. The standard InChI is InChI=1S/C12H16O2S5/c1-3-13-11(15)17-7-9-5-6-10(19-9)8-18-12(16)14-4-2/h5-6H,3-4,7-8H2,1-2H3. The predicted molar refractivity (Wildman–Crippen MR) is 95.4 cm³/mol. The second kappa shape index (κ2) is 9.99. The van der Waals surface area contributed by atoms with E-state index in [0.717, 1.165) is 11.5 Å². The smallest absolute Gasteiger partial charge is 0.220 e. The number of hydrogen-bond acceptors (Lipinski definition) is 7. The van der Waals surface area contributed by atoms with Crippen LogP contribution >= 0.6 is 59.3 Å². The summed E-state index contributed by atoms with van der Waals surface area (Å²) in [6.45, 7) is 5.14. The van der Waals surface area contributed by atoms with E-state index in [1.165, 1.54) is 9.75 Å². The van der Waals surface area contributed by atoms with Gasteiger partial charge in [-0.2, -0.15) is 0 Å². The monoisotopic (exact) mass is 352 g/mol. The molecule has 0 amide bonds. The second-order valence-electron chi connectivity index (χ2n) is 3.31. The van der Waals surface area contributed by atoms with Crippen molar-refractivity contribution in [3.8, 4) is 0 Å². The van der Waals surface area contributed by atoms with Crippen LogP contribution in [0.25, 0.3) is 0 Å². The van der Waals surface area contributed by atoms with Crippen molar-refractivity contribution in [2.24, 2.45) is 0 Å². The number of thioether (sulfide) groups is 2. The molecule has 2 nitrogen and oxygen atoms in total. The van der Waals surface area contributed by atoms with Crippen LogP contribution in [0.5, 0.6) is 0 Å². The summed E-state index contributed by atoms with van der Waals surface area (Å²) in [5.74, 6) is 1.73. The van der Waals surface area contributed by atoms with Gasteiger partial charge < -0.3 is 9.47 Å². The van der Waals surface area contributed by atoms with E-state index in [9.17, 15) is 0 Å². The lowest BCUT2D eigenvalue weighted by Gasteiger charge is -2.03. The summed E-state index contributed by atoms with van der Waals surface area (Å²) in [6, 6.07) is 4.26. The molecule has 0 unspecified atom stereocenters. The van der Waals surface area contributed by atoms with Crippen LogP contribution in [0.15, 0.2) is 12.1 Å². The molecule has 0 fully saturated rings. The Morgan fingerprint density at radius 3 is 1.79 bits per heavy atom. The molecule has 0 aliphatic carbocycles. The van der Waals surface area contributed by atoms with E-state index < -0.39 is 0 Å². The zero-order valence-electron chi connectivity index (χ0n) is 10.8. The predicted octanol–water partition coefficient (Wildman–Crippen LogP) is 4.86. The Kier molecular flexibility index (Phi) is 9.06. The van der Waals surface area contributed by atoms with E-state index in [0.29, 0.717) is 22.0 Å². The Bertz CT molecular complexity index is 380. The highest BCUT2D eigenvalue weighted by molar-refractivity contribution is 8.22. The molecule has 0 aliphatic rings. The first-order valence-electron chi connectivity index (χ1n) is 5.82. The fourth-order valence-corrected chi connectivity index (χ4v) is 4.29. The molecule has 7 heteroatoms. The first-order valence-corrected chi connectivity index (χ1v) is 9.42. The van der Waals surface area contributed by atoms with E-state index in [-0.39, 0.29) is 0 Å². The zero-order chi connectivity index (χ0) is 14.1. The second-order valence-corrected chi connectivity index (χ2v) is 7.72. The van der Waals surface area contributed by atoms with Crippen molar-refractivity contribution in [1.29, 1.82) is 0 Å². The highest BCUT2D eigenvalue weighted by atomic mass is 32.2. The Hall–Kier alpha value is 0.180. The fraction of sp³-hybridized carbons (Fsp3) is 0.500. The van der Waals surface area contributed by atoms with Gasteiger partial charge >= 0.3 is 0 Å². The number of thiophene rings is 1. The molecule has 19 heavy (non-hydrogen) atoms. The van der Waals surface area contributed by atoms with Gasteiger partial charge in [-0.25, -0.2) is 0 Å². The van der Waals surface area contributed by atoms with Gasteiger partial charge in [0.25, 0.3) is 0 Å². The summed E-state index contributed by atoms with van der Waals surface area (Å²) < 4.78 is 11.7. The quantitative estimate of drug-likeness (QED) is 0.676. The number of thiocarbonyl (C=S) groups is 2. The van der Waals surface area contributed by atoms with Crippen molar-refractivity contribution >= 4 is 68.1 Å². The van der Waals surface area contributed by atoms with Crippen LogP contribution in [0.2, 0.25) is 0 Å². The van der Waals surface area contributed by atoms with Crippen LogP contribution in [0.1, 0.15) is 23.6 Å². The van der Waals surface area contributed by atoms with Crippen molar-refractivity contribution < 1.29 is 9.47 Å². The third kappa shape index (κ3) is 7.51. The fourth-order valence-electron chi connectivity index (χ4n) is 1.16. The van der Waals surface area contributed by atoms with Crippen molar-refractivity contribution in [1.82, 2.24) is 0 Å². The molecule has 0 aromatic carbocycles. The Labute approximate surface area is 137 Å². The minimum atomic E-state index is 0.615. The molecule has 0 N–H and O–H groups in total. The van der Waals surface area contributed by atoms with Gasteiger partial charge in [0.1, 0.15) is 0 Å². The SMILES string of the molecule is CCOC(=S)SCc1ccc(CSC(=S)OCC)s1. The third-order valence-electron chi connectivity index (χ3n) is 1.91. The molecule has 106 valence electrons. The summed E-state index contributed by atoms with van der Waals surface area (Å²) in [5.41, 5.74) is 0. The first-order chi connectivity index (χ1) is 9.15. The maximum atomic E-state index is 5.24. The summed E-state index contributed by atoms with van der Waals surface area (Å²) in [4.78, 5) is 2.59. The van der Waals surface area contributed by atoms with Gasteiger partial charge in [0.15, 0.2) is 0 Å². The molecule has 0 spiro atoms. The lowest BCUT2D eigenvalue weighted by atomic mass is 10.5. The summed E-state index contributed by atoms with van der Waals surface area (Å²) in [6.07, 6.45) is 0. The number of hydrogen-bond donors (Lipinski definition) is 0. The van der Waals surface area contributed by atoms with Crippen LogP contribution < -0.4 is 0 Å². The molecule has 0 aliphatic heterocycles. The van der Waals surface area contributed by atoms with Crippen molar-refractivity contribution in [2.75, 3.05) is 13.2 Å². The van der Waals surface area contributed by atoms with Crippen molar-refractivity contribution in [3.05, 3.63) is 21.9 Å². The summed E-state index contributed by atoms with van der Waals surface area (Å²) in [5, 5.41) is 0. The molecule has 1 aromatic rings. The molecule has 1 aromatic heterocycles. The third-order valence-corrected chi connectivity index (χ3v) is 5.92. The molecular formula is C12H16O2S5. The highest BCUT2D eigenvalue weighted by Crippen LogP contribution is 2.26. The lowest BCUT2D eigenvalue weighted by molar-refractivity contribution is 0.346. The van der Waals surface area contributed by atoms with E-state index in [4.69, 9.17) is 33.9 Å². The maximum absolute atomic E-state index is 5.24. The molecular weight excluding hydrogens is 336 g/mol. The number of rotatable bonds is 6. The normalized spacial score (nSPS) is 10.2. The minimum Gasteiger partial charge on any atom is -0.479 e. The topological polar surface area (TPSA) is 18.5 Å². The van der Waals surface area contributed by atoms with E-state index >= 15 is 0 Å². The largest absolute Gasteiger partial charge is 0.479 e. The molecule has 0 radical (unpaired) electrons. The average molecular weight is 353 g/mol. The van der Waals surface area contributed by atoms with Gasteiger partial charge in [0, 0.05) is 21.3 Å². The Balaban J connectivity index is 2.32. The van der Waals surface area contributed by atoms with Crippen molar-refractivity contribution in [3.63, 3.8) is 0 Å². The van der Waals surface area contributed by atoms with Crippen LogP contribution in [-0.4, -0.2) is 22.0 Å². The van der Waals surface area contributed by atoms with E-state index in [1.54, 1.807) is 34.9 Å². The van der Waals surface area contributed by atoms with Crippen LogP contribution in [0, 0.1) is 0 Å². The van der Waals surface area contributed by atoms with Gasteiger partial charge in [-0.05, 0) is 50.4 Å². The van der Waals surface area contributed by atoms with Gasteiger partial charge in [0.2, 0.25) is 8.77 Å². The van der Waals surface area contributed by atoms with E-state index in [2.05, 4.69) is 12.1 Å². The zero-order valence-corrected chi connectivity index (χ0v) is 14.9. The highest BCUT2D eigenvalue weighted by Gasteiger charge is 2.05. The lowest BCUT2D eigenvalue weighted by Crippen LogP contribution is -1.95. The van der Waals surface area contributed by atoms with E-state index in [1.807, 2.05) is 13.8 Å². The molecule has 0 saturated carbocycles. The van der Waals surface area contributed by atoms with Crippen LogP contribution in [0.3, 0.4) is 0 Å². The van der Waals surface area contributed by atoms with Crippen molar-refractivity contribution in [2.45, 2.75) is 25.4 Å². The molecule has 0 atom stereocenters. The average Bonchev–Trinajstić information content (AvgIpc) is 2.83. The Morgan fingerprint density at radius 1 is 1.00 bits per heavy atom. The first kappa shape index (κ1) is 17.2. The summed E-state index contributed by atoms with van der Waals surface area (Å²) >= 11 is 15.1. The van der Waals surface area contributed by atoms with Gasteiger partial charge in [-0.15, -0.1) is 11.3 Å². The molecule has 1 rings (SSSR count). The molecule has 1 heterocycles. The molecule has 0 bridgehead atoms. The van der Waals surface area contributed by atoms with Crippen LogP contribution in [0.4, 0.5) is 0 Å². The Morgan fingerprint density at radius 2 is 1.42 bits per heavy atom. The maximum Gasteiger partial charge on any atom is 0.220 e. The van der Waals surface area contributed by atoms with Gasteiger partial charge in [-0.3, -0.25) is 0 Å². The summed E-state index contributed by atoms with van der Waals surface area (Å²) in [7, 11) is 0. The van der Waals surface area contributed by atoms with Crippen LogP contribution in [-0.2, 0) is 21.0 Å².